The molecule has 0 aliphatic carbocycles. The minimum atomic E-state index is -0.584. The fourth-order valence-corrected chi connectivity index (χ4v) is 1.68. The number of carbonyl (C=O) groups excluding carboxylic acids is 1. The van der Waals surface area contributed by atoms with E-state index in [-0.39, 0.29) is 23.0 Å². The zero-order chi connectivity index (χ0) is 14.6. The summed E-state index contributed by atoms with van der Waals surface area (Å²) in [6.07, 6.45) is -0.388. The maximum Gasteiger partial charge on any atom is 0.407 e. The summed E-state index contributed by atoms with van der Waals surface area (Å²) in [5.41, 5.74) is -0.379. The van der Waals surface area contributed by atoms with Gasteiger partial charge >= 0.3 is 6.09 Å². The predicted octanol–water partition coefficient (Wildman–Crippen LogP) is 3.79. The minimum Gasteiger partial charge on any atom is -0.444 e. The number of hydrogen-bond acceptors (Lipinski definition) is 2. The number of benzene rings is 1. The molecule has 0 spiro atoms. The SMILES string of the molecule is CC(C)(C)OC(=O)NCCc1cc(F)c(Br)cc1F. The number of ether oxygens (including phenoxy) is 1. The van der Waals surface area contributed by atoms with Crippen molar-refractivity contribution in [3.63, 3.8) is 0 Å². The van der Waals surface area contributed by atoms with E-state index in [1.165, 1.54) is 0 Å². The van der Waals surface area contributed by atoms with Crippen LogP contribution in [0.15, 0.2) is 16.6 Å². The molecule has 1 rings (SSSR count). The Kier molecular flexibility index (Phi) is 5.29. The first-order valence-corrected chi connectivity index (χ1v) is 6.58. The average molecular weight is 336 g/mol. The summed E-state index contributed by atoms with van der Waals surface area (Å²) in [5.74, 6) is -1.05. The topological polar surface area (TPSA) is 38.3 Å². The van der Waals surface area contributed by atoms with Gasteiger partial charge in [0.1, 0.15) is 17.2 Å². The third kappa shape index (κ3) is 5.55. The van der Waals surface area contributed by atoms with Gasteiger partial charge in [0.05, 0.1) is 4.47 Å². The van der Waals surface area contributed by atoms with E-state index in [9.17, 15) is 13.6 Å². The maximum absolute atomic E-state index is 13.5. The molecule has 19 heavy (non-hydrogen) atoms. The van der Waals surface area contributed by atoms with Gasteiger partial charge in [0.15, 0.2) is 0 Å². The first-order chi connectivity index (χ1) is 8.69. The fraction of sp³-hybridized carbons (Fsp3) is 0.462. The third-order valence-electron chi connectivity index (χ3n) is 2.15. The molecule has 0 bridgehead atoms. The van der Waals surface area contributed by atoms with Gasteiger partial charge in [-0.25, -0.2) is 13.6 Å². The summed E-state index contributed by atoms with van der Waals surface area (Å²) in [6, 6.07) is 2.17. The summed E-state index contributed by atoms with van der Waals surface area (Å²) in [4.78, 5) is 11.3. The van der Waals surface area contributed by atoms with Crippen molar-refractivity contribution in [3.05, 3.63) is 33.8 Å². The van der Waals surface area contributed by atoms with Crippen LogP contribution in [0.2, 0.25) is 0 Å². The van der Waals surface area contributed by atoms with Crippen LogP contribution < -0.4 is 5.32 Å². The van der Waals surface area contributed by atoms with Crippen molar-refractivity contribution in [1.82, 2.24) is 5.32 Å². The highest BCUT2D eigenvalue weighted by molar-refractivity contribution is 9.10. The van der Waals surface area contributed by atoms with Gasteiger partial charge in [-0.1, -0.05) is 0 Å². The van der Waals surface area contributed by atoms with E-state index >= 15 is 0 Å². The number of carbonyl (C=O) groups is 1. The Morgan fingerprint density at radius 3 is 2.53 bits per heavy atom. The Bertz CT molecular complexity index is 472. The van der Waals surface area contributed by atoms with Gasteiger partial charge in [-0.05, 0) is 60.8 Å². The summed E-state index contributed by atoms with van der Waals surface area (Å²) in [7, 11) is 0. The molecule has 0 saturated carbocycles. The van der Waals surface area contributed by atoms with Crippen molar-refractivity contribution in [2.75, 3.05) is 6.54 Å². The summed E-state index contributed by atoms with van der Waals surface area (Å²) < 4.78 is 31.8. The van der Waals surface area contributed by atoms with E-state index in [0.29, 0.717) is 0 Å². The number of amides is 1. The van der Waals surface area contributed by atoms with E-state index in [1.54, 1.807) is 20.8 Å². The molecule has 0 radical (unpaired) electrons. The van der Waals surface area contributed by atoms with E-state index in [1.807, 2.05) is 0 Å². The Morgan fingerprint density at radius 2 is 1.95 bits per heavy atom. The van der Waals surface area contributed by atoms with Crippen LogP contribution in [0.5, 0.6) is 0 Å². The van der Waals surface area contributed by atoms with Crippen LogP contribution in [0.3, 0.4) is 0 Å². The second kappa shape index (κ2) is 6.32. The van der Waals surface area contributed by atoms with Crippen molar-refractivity contribution in [1.29, 1.82) is 0 Å². The zero-order valence-corrected chi connectivity index (χ0v) is 12.6. The quantitative estimate of drug-likeness (QED) is 0.853. The number of rotatable bonds is 3. The molecule has 1 amide bonds. The molecular formula is C13H16BrF2NO2. The molecule has 6 heteroatoms. The van der Waals surface area contributed by atoms with Crippen LogP contribution in [0.25, 0.3) is 0 Å². The van der Waals surface area contributed by atoms with E-state index < -0.39 is 23.3 Å². The van der Waals surface area contributed by atoms with Crippen molar-refractivity contribution < 1.29 is 18.3 Å². The van der Waals surface area contributed by atoms with Crippen molar-refractivity contribution in [2.45, 2.75) is 32.8 Å². The highest BCUT2D eigenvalue weighted by atomic mass is 79.9. The summed E-state index contributed by atoms with van der Waals surface area (Å²) in [5, 5.41) is 2.49. The molecule has 0 heterocycles. The van der Waals surface area contributed by atoms with Gasteiger partial charge in [-0.2, -0.15) is 0 Å². The highest BCUT2D eigenvalue weighted by Gasteiger charge is 2.16. The van der Waals surface area contributed by atoms with Crippen molar-refractivity contribution >= 4 is 22.0 Å². The lowest BCUT2D eigenvalue weighted by Gasteiger charge is -2.19. The normalized spacial score (nSPS) is 11.3. The lowest BCUT2D eigenvalue weighted by molar-refractivity contribution is 0.0528. The van der Waals surface area contributed by atoms with Crippen LogP contribution in [-0.2, 0) is 11.2 Å². The van der Waals surface area contributed by atoms with Gasteiger partial charge < -0.3 is 10.1 Å². The number of nitrogens with one attached hydrogen (secondary N) is 1. The van der Waals surface area contributed by atoms with E-state index in [0.717, 1.165) is 12.1 Å². The van der Waals surface area contributed by atoms with E-state index in [4.69, 9.17) is 4.74 Å². The molecule has 3 nitrogen and oxygen atoms in total. The van der Waals surface area contributed by atoms with Gasteiger partial charge in [0, 0.05) is 6.54 Å². The maximum atomic E-state index is 13.5. The minimum absolute atomic E-state index is 0.0776. The molecule has 0 saturated heterocycles. The zero-order valence-electron chi connectivity index (χ0n) is 11.0. The number of alkyl carbamates (subject to hydrolysis) is 1. The first kappa shape index (κ1) is 15.9. The van der Waals surface area contributed by atoms with Crippen LogP contribution in [0, 0.1) is 11.6 Å². The Labute approximate surface area is 119 Å². The molecule has 0 fully saturated rings. The second-order valence-corrected chi connectivity index (χ2v) is 5.89. The molecule has 0 aromatic heterocycles. The first-order valence-electron chi connectivity index (χ1n) is 5.79. The Morgan fingerprint density at radius 1 is 1.32 bits per heavy atom. The molecule has 1 N–H and O–H groups in total. The van der Waals surface area contributed by atoms with Crippen molar-refractivity contribution in [3.8, 4) is 0 Å². The van der Waals surface area contributed by atoms with Crippen molar-refractivity contribution in [2.24, 2.45) is 0 Å². The van der Waals surface area contributed by atoms with Gasteiger partial charge in [0.25, 0.3) is 0 Å². The van der Waals surface area contributed by atoms with Crippen LogP contribution in [0.1, 0.15) is 26.3 Å². The molecule has 1 aromatic carbocycles. The molecule has 106 valence electrons. The van der Waals surface area contributed by atoms with Gasteiger partial charge in [-0.3, -0.25) is 0 Å². The Hall–Kier alpha value is -1.17. The Balaban J connectivity index is 2.50. The number of hydrogen-bond donors (Lipinski definition) is 1. The smallest absolute Gasteiger partial charge is 0.407 e. The molecule has 0 atom stereocenters. The molecule has 0 unspecified atom stereocenters. The standard InChI is InChI=1S/C13H16BrF2NO2/c1-13(2,3)19-12(18)17-5-4-8-6-11(16)9(14)7-10(8)15/h6-7H,4-5H2,1-3H3,(H,17,18). The molecule has 0 aliphatic rings. The third-order valence-corrected chi connectivity index (χ3v) is 2.76. The molecule has 1 aromatic rings. The van der Waals surface area contributed by atoms with Gasteiger partial charge in [0.2, 0.25) is 0 Å². The highest BCUT2D eigenvalue weighted by Crippen LogP contribution is 2.20. The fourth-order valence-electron chi connectivity index (χ4n) is 1.37. The predicted molar refractivity (Wildman–Crippen MR) is 72.0 cm³/mol. The average Bonchev–Trinajstić information content (AvgIpc) is 2.22. The second-order valence-electron chi connectivity index (χ2n) is 5.04. The lowest BCUT2D eigenvalue weighted by atomic mass is 10.1. The summed E-state index contributed by atoms with van der Waals surface area (Å²) in [6.45, 7) is 5.41. The number of halogens is 3. The van der Waals surface area contributed by atoms with Gasteiger partial charge in [-0.15, -0.1) is 0 Å². The van der Waals surface area contributed by atoms with Crippen LogP contribution >= 0.6 is 15.9 Å². The molecule has 0 aliphatic heterocycles. The largest absolute Gasteiger partial charge is 0.444 e. The van der Waals surface area contributed by atoms with Crippen LogP contribution in [-0.4, -0.2) is 18.2 Å². The van der Waals surface area contributed by atoms with E-state index in [2.05, 4.69) is 21.2 Å². The monoisotopic (exact) mass is 335 g/mol. The lowest BCUT2D eigenvalue weighted by Crippen LogP contribution is -2.33. The summed E-state index contributed by atoms with van der Waals surface area (Å²) >= 11 is 2.90. The van der Waals surface area contributed by atoms with Crippen LogP contribution in [0.4, 0.5) is 13.6 Å². The molecular weight excluding hydrogens is 320 g/mol.